The summed E-state index contributed by atoms with van der Waals surface area (Å²) >= 11 is 5.77. The van der Waals surface area contributed by atoms with Crippen LogP contribution in [-0.4, -0.2) is 27.3 Å². The van der Waals surface area contributed by atoms with Crippen molar-refractivity contribution in [3.05, 3.63) is 23.2 Å². The number of amides is 1. The number of benzene rings is 1. The van der Waals surface area contributed by atoms with Crippen LogP contribution in [0.2, 0.25) is 5.02 Å². The van der Waals surface area contributed by atoms with Crippen LogP contribution in [0.25, 0.3) is 0 Å². The summed E-state index contributed by atoms with van der Waals surface area (Å²) in [6, 6.07) is 4.11. The molecule has 18 heavy (non-hydrogen) atoms. The summed E-state index contributed by atoms with van der Waals surface area (Å²) in [7, 11) is -2.12. The molecule has 1 rings (SSSR count). The maximum atomic E-state index is 12.0. The maximum Gasteiger partial charge on any atom is 0.412 e. The minimum absolute atomic E-state index is 0.0211. The normalized spacial score (nSPS) is 11.1. The van der Waals surface area contributed by atoms with Gasteiger partial charge in [0.1, 0.15) is 4.90 Å². The molecule has 0 aromatic heterocycles. The number of carbonyl (C=O) groups excluding carboxylic acids is 1. The molecule has 0 saturated carbocycles. The van der Waals surface area contributed by atoms with E-state index < -0.39 is 15.9 Å². The zero-order chi connectivity index (χ0) is 13.8. The lowest BCUT2D eigenvalue weighted by atomic mass is 10.3. The van der Waals surface area contributed by atoms with Crippen molar-refractivity contribution in [3.63, 3.8) is 0 Å². The molecule has 0 radical (unpaired) electrons. The molecule has 0 bridgehead atoms. The van der Waals surface area contributed by atoms with Crippen LogP contribution in [0, 0.1) is 0 Å². The number of halogens is 1. The average molecular weight is 292 g/mol. The first kappa shape index (κ1) is 14.8. The summed E-state index contributed by atoms with van der Waals surface area (Å²) in [5.41, 5.74) is 0. The van der Waals surface area contributed by atoms with Gasteiger partial charge in [-0.15, -0.1) is 0 Å². The van der Waals surface area contributed by atoms with Crippen LogP contribution in [0.5, 0.6) is 5.75 Å². The molecule has 1 N–H and O–H groups in total. The average Bonchev–Trinajstić information content (AvgIpc) is 2.31. The van der Waals surface area contributed by atoms with Gasteiger partial charge in [0.2, 0.25) is 0 Å². The largest absolute Gasteiger partial charge is 0.412 e. The predicted molar refractivity (Wildman–Crippen MR) is 68.9 cm³/mol. The van der Waals surface area contributed by atoms with Crippen molar-refractivity contribution >= 4 is 27.5 Å². The smallest absolute Gasteiger partial charge is 0.409 e. The van der Waals surface area contributed by atoms with Crippen molar-refractivity contribution in [2.45, 2.75) is 18.2 Å². The van der Waals surface area contributed by atoms with Gasteiger partial charge < -0.3 is 10.1 Å². The van der Waals surface area contributed by atoms with E-state index in [2.05, 4.69) is 5.32 Å². The summed E-state index contributed by atoms with van der Waals surface area (Å²) in [6.07, 6.45) is -0.265. The van der Waals surface area contributed by atoms with Gasteiger partial charge in [0.05, 0.1) is 5.75 Å². The fourth-order valence-corrected chi connectivity index (χ4v) is 3.06. The molecule has 1 aromatic rings. The summed E-state index contributed by atoms with van der Waals surface area (Å²) in [4.78, 5) is 11.1. The monoisotopic (exact) mass is 291 g/mol. The Morgan fingerprint density at radius 3 is 2.67 bits per heavy atom. The summed E-state index contributed by atoms with van der Waals surface area (Å²) in [5, 5.41) is 2.52. The molecule has 0 saturated heterocycles. The van der Waals surface area contributed by atoms with Crippen molar-refractivity contribution in [2.75, 3.05) is 12.8 Å². The Morgan fingerprint density at radius 1 is 1.44 bits per heavy atom. The van der Waals surface area contributed by atoms with E-state index >= 15 is 0 Å². The van der Waals surface area contributed by atoms with Crippen molar-refractivity contribution in [1.29, 1.82) is 0 Å². The molecule has 1 amide bonds. The summed E-state index contributed by atoms with van der Waals surface area (Å²) in [5.74, 6) is -0.0514. The third-order valence-electron chi connectivity index (χ3n) is 2.12. The molecule has 0 aliphatic rings. The van der Waals surface area contributed by atoms with E-state index in [-0.39, 0.29) is 21.4 Å². The lowest BCUT2D eigenvalue weighted by Gasteiger charge is -2.10. The molecule has 0 aliphatic carbocycles. The Balaban J connectivity index is 3.24. The number of hydrogen-bond acceptors (Lipinski definition) is 4. The first-order valence-corrected chi connectivity index (χ1v) is 7.35. The van der Waals surface area contributed by atoms with Crippen LogP contribution < -0.4 is 10.1 Å². The molecule has 5 nitrogen and oxygen atoms in total. The van der Waals surface area contributed by atoms with Gasteiger partial charge in [-0.25, -0.2) is 13.2 Å². The van der Waals surface area contributed by atoms with Crippen LogP contribution >= 0.6 is 11.6 Å². The Labute approximate surface area is 111 Å². The van der Waals surface area contributed by atoms with E-state index in [9.17, 15) is 13.2 Å². The van der Waals surface area contributed by atoms with Gasteiger partial charge >= 0.3 is 6.09 Å². The Morgan fingerprint density at radius 2 is 2.11 bits per heavy atom. The number of rotatable bonds is 4. The van der Waals surface area contributed by atoms with Crippen LogP contribution in [0.1, 0.15) is 13.3 Å². The van der Waals surface area contributed by atoms with Gasteiger partial charge in [-0.05, 0) is 24.6 Å². The molecule has 0 spiro atoms. The minimum Gasteiger partial charge on any atom is -0.409 e. The molecular formula is C11H14ClNO4S. The number of ether oxygens (including phenoxy) is 1. The maximum absolute atomic E-state index is 12.0. The second kappa shape index (κ2) is 6.06. The van der Waals surface area contributed by atoms with Gasteiger partial charge in [0, 0.05) is 12.1 Å². The second-order valence-electron chi connectivity index (χ2n) is 3.55. The highest BCUT2D eigenvalue weighted by Gasteiger charge is 2.20. The number of sulfone groups is 1. The van der Waals surface area contributed by atoms with Crippen LogP contribution in [0.3, 0.4) is 0 Å². The Bertz CT molecular complexity index is 542. The molecule has 100 valence electrons. The van der Waals surface area contributed by atoms with E-state index in [4.69, 9.17) is 16.3 Å². The quantitative estimate of drug-likeness (QED) is 0.923. The van der Waals surface area contributed by atoms with Gasteiger partial charge in [-0.1, -0.05) is 18.5 Å². The SMILES string of the molecule is CCCS(=O)(=O)c1cc(Cl)ccc1OC(=O)NC. The number of hydrogen-bond donors (Lipinski definition) is 1. The van der Waals surface area contributed by atoms with Crippen molar-refractivity contribution in [3.8, 4) is 5.75 Å². The van der Waals surface area contributed by atoms with E-state index in [0.717, 1.165) is 0 Å². The lowest BCUT2D eigenvalue weighted by Crippen LogP contribution is -2.23. The molecule has 0 atom stereocenters. The molecule has 1 aromatic carbocycles. The van der Waals surface area contributed by atoms with Crippen molar-refractivity contribution in [1.82, 2.24) is 5.32 Å². The molecule has 0 fully saturated rings. The molecular weight excluding hydrogens is 278 g/mol. The number of carbonyl (C=O) groups is 1. The topological polar surface area (TPSA) is 72.5 Å². The summed E-state index contributed by atoms with van der Waals surface area (Å²) < 4.78 is 28.9. The fourth-order valence-electron chi connectivity index (χ4n) is 1.34. The van der Waals surface area contributed by atoms with Gasteiger partial charge in [-0.2, -0.15) is 0 Å². The predicted octanol–water partition coefficient (Wildman–Crippen LogP) is 2.24. The second-order valence-corrected chi connectivity index (χ2v) is 6.06. The zero-order valence-electron chi connectivity index (χ0n) is 10.1. The first-order valence-electron chi connectivity index (χ1n) is 5.32. The molecule has 7 heteroatoms. The fraction of sp³-hybridized carbons (Fsp3) is 0.364. The molecule has 0 heterocycles. The lowest BCUT2D eigenvalue weighted by molar-refractivity contribution is 0.202. The number of nitrogens with one attached hydrogen (secondary N) is 1. The Hall–Kier alpha value is -1.27. The summed E-state index contributed by atoms with van der Waals surface area (Å²) in [6.45, 7) is 1.75. The first-order chi connectivity index (χ1) is 8.40. The van der Waals surface area contributed by atoms with Gasteiger partial charge in [0.25, 0.3) is 0 Å². The third-order valence-corrected chi connectivity index (χ3v) is 4.29. The standard InChI is InChI=1S/C11H14ClNO4S/c1-3-6-18(15,16)10-7-8(12)4-5-9(10)17-11(14)13-2/h4-5,7H,3,6H2,1-2H3,(H,13,14). The highest BCUT2D eigenvalue weighted by Crippen LogP contribution is 2.28. The van der Waals surface area contributed by atoms with E-state index in [1.165, 1.54) is 25.2 Å². The van der Waals surface area contributed by atoms with Crippen LogP contribution in [-0.2, 0) is 9.84 Å². The van der Waals surface area contributed by atoms with Crippen LogP contribution in [0.15, 0.2) is 23.1 Å². The van der Waals surface area contributed by atoms with Crippen molar-refractivity contribution in [2.24, 2.45) is 0 Å². The van der Waals surface area contributed by atoms with Gasteiger partial charge in [0.15, 0.2) is 15.6 Å². The van der Waals surface area contributed by atoms with E-state index in [1.54, 1.807) is 6.92 Å². The van der Waals surface area contributed by atoms with E-state index in [0.29, 0.717) is 6.42 Å². The molecule has 0 unspecified atom stereocenters. The van der Waals surface area contributed by atoms with Gasteiger partial charge in [-0.3, -0.25) is 0 Å². The third kappa shape index (κ3) is 3.61. The van der Waals surface area contributed by atoms with E-state index in [1.807, 2.05) is 0 Å². The highest BCUT2D eigenvalue weighted by atomic mass is 35.5. The van der Waals surface area contributed by atoms with Crippen molar-refractivity contribution < 1.29 is 17.9 Å². The highest BCUT2D eigenvalue weighted by molar-refractivity contribution is 7.91. The molecule has 0 aliphatic heterocycles. The Kier molecular flexibility index (Phi) is 4.98. The zero-order valence-corrected chi connectivity index (χ0v) is 11.6. The van der Waals surface area contributed by atoms with Crippen LogP contribution in [0.4, 0.5) is 4.79 Å². The minimum atomic E-state index is -3.51.